The van der Waals surface area contributed by atoms with Crippen LogP contribution >= 0.6 is 0 Å². The number of hydrogen-bond acceptors (Lipinski definition) is 5. The van der Waals surface area contributed by atoms with Gasteiger partial charge in [0, 0.05) is 18.8 Å². The number of amides is 2. The van der Waals surface area contributed by atoms with Gasteiger partial charge in [0.25, 0.3) is 5.91 Å². The Bertz CT molecular complexity index is 724. The van der Waals surface area contributed by atoms with Crippen molar-refractivity contribution < 1.29 is 28.2 Å². The van der Waals surface area contributed by atoms with Crippen LogP contribution in [0.2, 0.25) is 0 Å². The third kappa shape index (κ3) is 6.51. The van der Waals surface area contributed by atoms with Gasteiger partial charge in [-0.05, 0) is 58.7 Å². The molecule has 8 heteroatoms. The number of anilines is 1. The summed E-state index contributed by atoms with van der Waals surface area (Å²) >= 11 is 0. The lowest BCUT2D eigenvalue weighted by atomic mass is 9.97. The molecule has 1 aromatic carbocycles. The Morgan fingerprint density at radius 3 is 2.43 bits per heavy atom. The molecule has 7 nitrogen and oxygen atoms in total. The molecule has 2 amide bonds. The molecule has 0 bridgehead atoms. The lowest BCUT2D eigenvalue weighted by Gasteiger charge is -2.32. The monoisotopic (exact) mass is 394 g/mol. The van der Waals surface area contributed by atoms with Crippen molar-refractivity contribution in [3.05, 3.63) is 30.1 Å². The minimum atomic E-state index is -1.01. The minimum absolute atomic E-state index is 0.290. The Labute approximate surface area is 164 Å². The van der Waals surface area contributed by atoms with Crippen LogP contribution in [-0.2, 0) is 19.1 Å². The van der Waals surface area contributed by atoms with Crippen LogP contribution in [-0.4, -0.2) is 47.7 Å². The molecule has 1 fully saturated rings. The average molecular weight is 394 g/mol. The highest BCUT2D eigenvalue weighted by atomic mass is 19.1. The highest BCUT2D eigenvalue weighted by Crippen LogP contribution is 2.21. The molecule has 1 saturated heterocycles. The van der Waals surface area contributed by atoms with E-state index in [1.165, 1.54) is 25.1 Å². The molecule has 0 aliphatic carbocycles. The molecule has 1 heterocycles. The number of carbonyl (C=O) groups is 3. The maximum atomic E-state index is 13.2. The lowest BCUT2D eigenvalue weighted by Crippen LogP contribution is -2.43. The van der Waals surface area contributed by atoms with Gasteiger partial charge in [-0.15, -0.1) is 0 Å². The van der Waals surface area contributed by atoms with E-state index in [-0.39, 0.29) is 5.92 Å². The number of benzene rings is 1. The quantitative estimate of drug-likeness (QED) is 0.792. The molecular formula is C20H27FN2O5. The van der Waals surface area contributed by atoms with E-state index in [1.807, 2.05) is 0 Å². The molecule has 1 aliphatic rings. The SMILES string of the molecule is C[C@H](OC(=O)C1CCN(C(=O)OC(C)(C)C)CC1)C(=O)Nc1cccc(F)c1. The van der Waals surface area contributed by atoms with Crippen molar-refractivity contribution in [3.63, 3.8) is 0 Å². The predicted molar refractivity (Wildman–Crippen MR) is 101 cm³/mol. The fraction of sp³-hybridized carbons (Fsp3) is 0.550. The molecule has 1 N–H and O–H groups in total. The topological polar surface area (TPSA) is 84.9 Å². The Morgan fingerprint density at radius 1 is 1.21 bits per heavy atom. The lowest BCUT2D eigenvalue weighted by molar-refractivity contribution is -0.158. The van der Waals surface area contributed by atoms with Gasteiger partial charge in [0.1, 0.15) is 11.4 Å². The second kappa shape index (κ2) is 9.03. The van der Waals surface area contributed by atoms with E-state index in [0.717, 1.165) is 0 Å². The van der Waals surface area contributed by atoms with Crippen molar-refractivity contribution in [3.8, 4) is 0 Å². The molecule has 154 valence electrons. The van der Waals surface area contributed by atoms with Crippen molar-refractivity contribution in [1.29, 1.82) is 0 Å². The molecule has 0 saturated carbocycles. The number of hydrogen-bond donors (Lipinski definition) is 1. The van der Waals surface area contributed by atoms with Gasteiger partial charge in [-0.2, -0.15) is 0 Å². The zero-order valence-corrected chi connectivity index (χ0v) is 16.7. The minimum Gasteiger partial charge on any atom is -0.452 e. The number of nitrogens with zero attached hydrogens (tertiary/aromatic N) is 1. The van der Waals surface area contributed by atoms with Crippen LogP contribution in [0.15, 0.2) is 24.3 Å². The van der Waals surface area contributed by atoms with Crippen LogP contribution in [0.1, 0.15) is 40.5 Å². The summed E-state index contributed by atoms with van der Waals surface area (Å²) in [4.78, 5) is 38.1. The van der Waals surface area contributed by atoms with Gasteiger partial charge in [-0.3, -0.25) is 9.59 Å². The van der Waals surface area contributed by atoms with E-state index in [4.69, 9.17) is 9.47 Å². The van der Waals surface area contributed by atoms with E-state index < -0.39 is 35.5 Å². The molecule has 2 rings (SSSR count). The number of halogens is 1. The van der Waals surface area contributed by atoms with E-state index in [1.54, 1.807) is 31.7 Å². The number of nitrogens with one attached hydrogen (secondary N) is 1. The van der Waals surface area contributed by atoms with Gasteiger partial charge in [0.05, 0.1) is 5.92 Å². The molecule has 1 atom stereocenters. The first-order chi connectivity index (χ1) is 13.0. The number of ether oxygens (including phenoxy) is 2. The number of carbonyl (C=O) groups excluding carboxylic acids is 3. The Balaban J connectivity index is 1.80. The molecule has 0 aromatic heterocycles. The van der Waals surface area contributed by atoms with E-state index >= 15 is 0 Å². The van der Waals surface area contributed by atoms with E-state index in [9.17, 15) is 18.8 Å². The van der Waals surface area contributed by atoms with Gasteiger partial charge >= 0.3 is 12.1 Å². The predicted octanol–water partition coefficient (Wildman–Crippen LogP) is 3.34. The summed E-state index contributed by atoms with van der Waals surface area (Å²) in [6, 6.07) is 5.46. The third-order valence-electron chi connectivity index (χ3n) is 4.23. The van der Waals surface area contributed by atoms with Gasteiger partial charge in [-0.1, -0.05) is 6.07 Å². The van der Waals surface area contributed by atoms with Gasteiger partial charge in [-0.25, -0.2) is 9.18 Å². The normalized spacial score (nSPS) is 16.2. The molecule has 1 aliphatic heterocycles. The molecule has 28 heavy (non-hydrogen) atoms. The number of likely N-dealkylation sites (tertiary alicyclic amines) is 1. The standard InChI is InChI=1S/C20H27FN2O5/c1-13(17(24)22-16-7-5-6-15(21)12-16)27-18(25)14-8-10-23(11-9-14)19(26)28-20(2,3)4/h5-7,12-14H,8-11H2,1-4H3,(H,22,24)/t13-/m0/s1. The zero-order chi connectivity index (χ0) is 20.9. The molecule has 0 spiro atoms. The van der Waals surface area contributed by atoms with Crippen molar-refractivity contribution in [2.45, 2.75) is 52.2 Å². The number of rotatable bonds is 4. The summed E-state index contributed by atoms with van der Waals surface area (Å²) < 4.78 is 23.8. The number of piperidine rings is 1. The summed E-state index contributed by atoms with van der Waals surface area (Å²) in [5.74, 6) is -1.88. The van der Waals surface area contributed by atoms with Crippen LogP contribution in [0.5, 0.6) is 0 Å². The second-order valence-corrected chi connectivity index (χ2v) is 7.82. The third-order valence-corrected chi connectivity index (χ3v) is 4.23. The van der Waals surface area contributed by atoms with Crippen LogP contribution in [0.25, 0.3) is 0 Å². The summed E-state index contributed by atoms with van der Waals surface area (Å²) in [6.45, 7) is 7.63. The summed E-state index contributed by atoms with van der Waals surface area (Å²) in [6.07, 6.45) is -0.533. The highest BCUT2D eigenvalue weighted by molar-refractivity contribution is 5.95. The van der Waals surface area contributed by atoms with Crippen LogP contribution in [0.4, 0.5) is 14.9 Å². The van der Waals surface area contributed by atoms with E-state index in [0.29, 0.717) is 31.6 Å². The largest absolute Gasteiger partial charge is 0.452 e. The van der Waals surface area contributed by atoms with Crippen LogP contribution < -0.4 is 5.32 Å². The zero-order valence-electron chi connectivity index (χ0n) is 16.7. The maximum absolute atomic E-state index is 13.2. The van der Waals surface area contributed by atoms with E-state index in [2.05, 4.69) is 5.32 Å². The van der Waals surface area contributed by atoms with Crippen LogP contribution in [0.3, 0.4) is 0 Å². The second-order valence-electron chi connectivity index (χ2n) is 7.82. The van der Waals surface area contributed by atoms with Gasteiger partial charge < -0.3 is 19.7 Å². The summed E-state index contributed by atoms with van der Waals surface area (Å²) in [5, 5.41) is 2.51. The summed E-state index contributed by atoms with van der Waals surface area (Å²) in [5.41, 5.74) is -0.282. The smallest absolute Gasteiger partial charge is 0.410 e. The molecule has 0 radical (unpaired) electrons. The average Bonchev–Trinajstić information content (AvgIpc) is 2.60. The Hall–Kier alpha value is -2.64. The first kappa shape index (κ1) is 21.7. The van der Waals surface area contributed by atoms with Crippen molar-refractivity contribution in [1.82, 2.24) is 4.90 Å². The maximum Gasteiger partial charge on any atom is 0.410 e. The van der Waals surface area contributed by atoms with Gasteiger partial charge in [0.15, 0.2) is 6.10 Å². The molecule has 1 aromatic rings. The first-order valence-corrected chi connectivity index (χ1v) is 9.30. The Kier molecular flexibility index (Phi) is 6.99. The fourth-order valence-corrected chi connectivity index (χ4v) is 2.76. The van der Waals surface area contributed by atoms with Gasteiger partial charge in [0.2, 0.25) is 0 Å². The first-order valence-electron chi connectivity index (χ1n) is 9.30. The summed E-state index contributed by atoms with van der Waals surface area (Å²) in [7, 11) is 0. The fourth-order valence-electron chi connectivity index (χ4n) is 2.76. The number of esters is 1. The highest BCUT2D eigenvalue weighted by Gasteiger charge is 2.32. The van der Waals surface area contributed by atoms with Crippen molar-refractivity contribution in [2.24, 2.45) is 5.92 Å². The molecular weight excluding hydrogens is 367 g/mol. The molecule has 0 unspecified atom stereocenters. The van der Waals surface area contributed by atoms with Crippen molar-refractivity contribution in [2.75, 3.05) is 18.4 Å². The van der Waals surface area contributed by atoms with Crippen molar-refractivity contribution >= 4 is 23.7 Å². The Morgan fingerprint density at radius 2 is 1.86 bits per heavy atom. The van der Waals surface area contributed by atoms with Crippen LogP contribution in [0, 0.1) is 11.7 Å².